The maximum Gasteiger partial charge on any atom is 0.332 e. The molecule has 2 rings (SSSR count). The number of halogens is 2. The molecule has 0 amide bonds. The Hall–Kier alpha value is -1.40. The second-order valence-electron chi connectivity index (χ2n) is 5.74. The van der Waals surface area contributed by atoms with Crippen molar-refractivity contribution in [1.82, 2.24) is 19.7 Å². The summed E-state index contributed by atoms with van der Waals surface area (Å²) in [6.45, 7) is 3.90. The Balaban J connectivity index is 1.88. The van der Waals surface area contributed by atoms with Crippen LogP contribution in [0.2, 0.25) is 10.4 Å². The van der Waals surface area contributed by atoms with E-state index in [1.54, 1.807) is 6.92 Å². The van der Waals surface area contributed by atoms with Crippen molar-refractivity contribution in [1.29, 1.82) is 0 Å². The number of carbonyl (C=O) groups is 1. The van der Waals surface area contributed by atoms with Crippen molar-refractivity contribution in [2.75, 3.05) is 0 Å². The molecule has 0 N–H and O–H groups in total. The van der Waals surface area contributed by atoms with Gasteiger partial charge in [-0.3, -0.25) is 0 Å². The summed E-state index contributed by atoms with van der Waals surface area (Å²) in [7, 11) is 0. The summed E-state index contributed by atoms with van der Waals surface area (Å²) in [5, 5.41) is 0.112. The summed E-state index contributed by atoms with van der Waals surface area (Å²) in [6.07, 6.45) is 8.36. The van der Waals surface area contributed by atoms with Gasteiger partial charge < -0.3 is 4.84 Å². The molecule has 0 fully saturated rings. The minimum Gasteiger partial charge on any atom is -0.335 e. The summed E-state index contributed by atoms with van der Waals surface area (Å²) in [6, 6.07) is 0. The normalized spacial score (nSPS) is 11.2. The molecule has 0 spiro atoms. The van der Waals surface area contributed by atoms with Crippen molar-refractivity contribution in [3.05, 3.63) is 16.3 Å². The average molecular weight is 373 g/mol. The van der Waals surface area contributed by atoms with Crippen LogP contribution >= 0.6 is 23.2 Å². The first-order valence-electron chi connectivity index (χ1n) is 8.32. The second-order valence-corrected chi connectivity index (χ2v) is 6.44. The fourth-order valence-electron chi connectivity index (χ4n) is 2.49. The molecule has 0 unspecified atom stereocenters. The number of carbonyl (C=O) groups excluding carboxylic acids is 1. The van der Waals surface area contributed by atoms with Gasteiger partial charge in [-0.05, 0) is 24.9 Å². The third-order valence-corrected chi connectivity index (χ3v) is 4.17. The highest BCUT2D eigenvalue weighted by molar-refractivity contribution is 6.35. The van der Waals surface area contributed by atoms with Crippen molar-refractivity contribution in [2.45, 2.75) is 65.2 Å². The monoisotopic (exact) mass is 372 g/mol. The number of unbranched alkanes of at least 4 members (excludes halogenated alkanes) is 6. The largest absolute Gasteiger partial charge is 0.335 e. The van der Waals surface area contributed by atoms with Crippen molar-refractivity contribution < 1.29 is 9.63 Å². The molecule has 0 saturated heterocycles. The van der Waals surface area contributed by atoms with Gasteiger partial charge in [-0.25, -0.2) is 14.8 Å². The van der Waals surface area contributed by atoms with Crippen molar-refractivity contribution in [2.24, 2.45) is 0 Å². The fraction of sp³-hybridized carbons (Fsp3) is 0.625. The predicted molar refractivity (Wildman–Crippen MR) is 94.3 cm³/mol. The van der Waals surface area contributed by atoms with E-state index in [1.807, 2.05) is 0 Å². The standard InChI is InChI=1S/C16H22Cl2N4O2/c1-3-4-5-6-7-8-9-10-12(23)24-22-11(2)19-15-13(22)14(17)20-16(18)21-15/h3-10H2,1-2H3. The number of aromatic nitrogens is 4. The van der Waals surface area contributed by atoms with Gasteiger partial charge in [0.05, 0.1) is 0 Å². The first kappa shape index (κ1) is 18.9. The smallest absolute Gasteiger partial charge is 0.332 e. The molecule has 24 heavy (non-hydrogen) atoms. The van der Waals surface area contributed by atoms with Gasteiger partial charge in [-0.1, -0.05) is 57.0 Å². The van der Waals surface area contributed by atoms with Crippen LogP contribution in [0, 0.1) is 6.92 Å². The molecule has 2 heterocycles. The van der Waals surface area contributed by atoms with E-state index in [0.29, 0.717) is 23.4 Å². The minimum absolute atomic E-state index is 0.00606. The van der Waals surface area contributed by atoms with E-state index < -0.39 is 0 Å². The van der Waals surface area contributed by atoms with Crippen LogP contribution in [0.5, 0.6) is 0 Å². The van der Waals surface area contributed by atoms with Crippen LogP contribution in [0.1, 0.15) is 64.1 Å². The first-order valence-corrected chi connectivity index (χ1v) is 9.07. The van der Waals surface area contributed by atoms with E-state index in [0.717, 1.165) is 19.3 Å². The Morgan fingerprint density at radius 1 is 1.04 bits per heavy atom. The highest BCUT2D eigenvalue weighted by Crippen LogP contribution is 2.22. The molecule has 132 valence electrons. The molecule has 0 aliphatic rings. The Morgan fingerprint density at radius 2 is 1.71 bits per heavy atom. The number of fused-ring (bicyclic) bond motifs is 1. The quantitative estimate of drug-likeness (QED) is 0.367. The summed E-state index contributed by atoms with van der Waals surface area (Å²) in [5.41, 5.74) is 0.660. The van der Waals surface area contributed by atoms with Crippen LogP contribution in [0.15, 0.2) is 0 Å². The zero-order valence-corrected chi connectivity index (χ0v) is 15.5. The van der Waals surface area contributed by atoms with Crippen LogP contribution in [-0.2, 0) is 4.79 Å². The van der Waals surface area contributed by atoms with Crippen molar-refractivity contribution in [3.63, 3.8) is 0 Å². The van der Waals surface area contributed by atoms with Gasteiger partial charge in [0, 0.05) is 6.42 Å². The molecule has 2 aromatic rings. The van der Waals surface area contributed by atoms with Crippen molar-refractivity contribution >= 4 is 40.3 Å². The van der Waals surface area contributed by atoms with Gasteiger partial charge in [0.1, 0.15) is 5.82 Å². The highest BCUT2D eigenvalue weighted by Gasteiger charge is 2.18. The average Bonchev–Trinajstić information content (AvgIpc) is 2.82. The number of nitrogens with zero attached hydrogens (tertiary/aromatic N) is 4. The Bertz CT molecular complexity index is 703. The number of rotatable bonds is 9. The zero-order chi connectivity index (χ0) is 17.5. The number of hydrogen-bond acceptors (Lipinski definition) is 5. The SMILES string of the molecule is CCCCCCCCCC(=O)On1c(C)nc2nc(Cl)nc(Cl)c21. The number of aryl methyl sites for hydroxylation is 1. The van der Waals surface area contributed by atoms with Crippen molar-refractivity contribution in [3.8, 4) is 0 Å². The van der Waals surface area contributed by atoms with Crippen LogP contribution in [-0.4, -0.2) is 25.7 Å². The molecular formula is C16H22Cl2N4O2. The summed E-state index contributed by atoms with van der Waals surface area (Å²) in [5.74, 6) is 0.147. The number of hydrogen-bond donors (Lipinski definition) is 0. The first-order chi connectivity index (χ1) is 11.5. The Kier molecular flexibility index (Phi) is 7.24. The van der Waals surface area contributed by atoms with Crippen LogP contribution < -0.4 is 4.84 Å². The van der Waals surface area contributed by atoms with E-state index in [1.165, 1.54) is 30.4 Å². The maximum atomic E-state index is 12.0. The Labute approximate surface area is 151 Å². The van der Waals surface area contributed by atoms with Crippen LogP contribution in [0.3, 0.4) is 0 Å². The molecule has 0 radical (unpaired) electrons. The van der Waals surface area contributed by atoms with E-state index in [2.05, 4.69) is 21.9 Å². The molecule has 0 aliphatic carbocycles. The van der Waals surface area contributed by atoms with E-state index >= 15 is 0 Å². The van der Waals surface area contributed by atoms with E-state index in [-0.39, 0.29) is 16.4 Å². The minimum atomic E-state index is -0.322. The van der Waals surface area contributed by atoms with Gasteiger partial charge in [0.2, 0.25) is 5.28 Å². The van der Waals surface area contributed by atoms with Gasteiger partial charge in [-0.15, -0.1) is 0 Å². The lowest BCUT2D eigenvalue weighted by atomic mass is 10.1. The maximum absolute atomic E-state index is 12.0. The third-order valence-electron chi connectivity index (χ3n) is 3.74. The molecule has 0 saturated carbocycles. The molecule has 8 heteroatoms. The van der Waals surface area contributed by atoms with Gasteiger partial charge >= 0.3 is 5.97 Å². The lowest BCUT2D eigenvalue weighted by Gasteiger charge is -2.07. The molecule has 6 nitrogen and oxygen atoms in total. The highest BCUT2D eigenvalue weighted by atomic mass is 35.5. The molecular weight excluding hydrogens is 351 g/mol. The summed E-state index contributed by atoms with van der Waals surface area (Å²) < 4.78 is 1.28. The van der Waals surface area contributed by atoms with E-state index in [9.17, 15) is 4.79 Å². The van der Waals surface area contributed by atoms with Crippen LogP contribution in [0.25, 0.3) is 11.2 Å². The van der Waals surface area contributed by atoms with Gasteiger partial charge in [-0.2, -0.15) is 9.71 Å². The zero-order valence-electron chi connectivity index (χ0n) is 14.0. The lowest BCUT2D eigenvalue weighted by molar-refractivity contribution is -0.144. The van der Waals surface area contributed by atoms with Crippen LogP contribution in [0.4, 0.5) is 0 Å². The molecule has 0 aromatic carbocycles. The van der Waals surface area contributed by atoms with E-state index in [4.69, 9.17) is 28.0 Å². The topological polar surface area (TPSA) is 69.9 Å². The number of imidazole rings is 1. The lowest BCUT2D eigenvalue weighted by Crippen LogP contribution is -2.20. The Morgan fingerprint density at radius 3 is 2.42 bits per heavy atom. The fourth-order valence-corrected chi connectivity index (χ4v) is 2.94. The molecule has 2 aromatic heterocycles. The second kappa shape index (κ2) is 9.18. The van der Waals surface area contributed by atoms with Gasteiger partial charge in [0.15, 0.2) is 16.3 Å². The molecule has 0 bridgehead atoms. The predicted octanol–water partition coefficient (Wildman–Crippen LogP) is 4.54. The molecule has 0 aliphatic heterocycles. The summed E-state index contributed by atoms with van der Waals surface area (Å²) in [4.78, 5) is 29.4. The summed E-state index contributed by atoms with van der Waals surface area (Å²) >= 11 is 11.8. The van der Waals surface area contributed by atoms with Gasteiger partial charge in [0.25, 0.3) is 0 Å². The third kappa shape index (κ3) is 5.05. The molecule has 0 atom stereocenters.